The first-order chi connectivity index (χ1) is 11.1. The lowest BCUT2D eigenvalue weighted by molar-refractivity contribution is 0.194. The highest BCUT2D eigenvalue weighted by Crippen LogP contribution is 2.47. The second kappa shape index (κ2) is 6.76. The highest BCUT2D eigenvalue weighted by atomic mass is 79.9. The average Bonchev–Trinajstić information content (AvgIpc) is 2.55. The molecule has 2 aliphatic rings. The van der Waals surface area contributed by atoms with Gasteiger partial charge in [0.2, 0.25) is 0 Å². The third-order valence-corrected chi connectivity index (χ3v) is 5.70. The van der Waals surface area contributed by atoms with Crippen LogP contribution in [0.5, 0.6) is 0 Å². The zero-order chi connectivity index (χ0) is 16.4. The Balaban J connectivity index is 1.89. The lowest BCUT2D eigenvalue weighted by Gasteiger charge is -2.38. The first kappa shape index (κ1) is 16.7. The number of rotatable bonds is 4. The topological polar surface area (TPSA) is 32.6 Å². The molecule has 23 heavy (non-hydrogen) atoms. The van der Waals surface area contributed by atoms with Crippen molar-refractivity contribution in [3.05, 3.63) is 39.9 Å². The van der Waals surface area contributed by atoms with Crippen LogP contribution >= 0.6 is 15.9 Å². The number of hydrogen-bond acceptors (Lipinski definition) is 2. The lowest BCUT2D eigenvalue weighted by Crippen LogP contribution is -2.39. The molecule has 3 rings (SSSR count). The van der Waals surface area contributed by atoms with Gasteiger partial charge in [-0.05, 0) is 66.9 Å². The molecule has 1 aromatic rings. The minimum absolute atomic E-state index is 0.217. The maximum absolute atomic E-state index is 15.4. The van der Waals surface area contributed by atoms with Crippen molar-refractivity contribution in [3.8, 4) is 0 Å². The second-order valence-electron chi connectivity index (χ2n) is 6.72. The monoisotopic (exact) mass is 379 g/mol. The molecule has 0 heterocycles. The predicted octanol–water partition coefficient (Wildman–Crippen LogP) is 5.92. The van der Waals surface area contributed by atoms with Gasteiger partial charge >= 0.3 is 0 Å². The third kappa shape index (κ3) is 3.23. The van der Waals surface area contributed by atoms with Gasteiger partial charge < -0.3 is 5.21 Å². The molecule has 0 unspecified atom stereocenters. The van der Waals surface area contributed by atoms with E-state index >= 15 is 4.39 Å². The van der Waals surface area contributed by atoms with E-state index in [1.807, 2.05) is 6.08 Å². The number of oxime groups is 1. The summed E-state index contributed by atoms with van der Waals surface area (Å²) >= 11 is 3.54. The summed E-state index contributed by atoms with van der Waals surface area (Å²) in [7, 11) is 0. The van der Waals surface area contributed by atoms with E-state index in [0.29, 0.717) is 25.0 Å². The Bertz CT molecular complexity index is 655. The molecule has 0 amide bonds. The molecule has 4 heteroatoms. The van der Waals surface area contributed by atoms with Gasteiger partial charge in [0.25, 0.3) is 0 Å². The number of halogens is 2. The Morgan fingerprint density at radius 1 is 1.48 bits per heavy atom. The summed E-state index contributed by atoms with van der Waals surface area (Å²) in [5.41, 5.74) is 2.72. The van der Waals surface area contributed by atoms with E-state index in [2.05, 4.69) is 46.2 Å². The fraction of sp³-hybridized carbons (Fsp3) is 0.526. The molecule has 0 aromatic heterocycles. The molecular weight excluding hydrogens is 357 g/mol. The van der Waals surface area contributed by atoms with E-state index in [-0.39, 0.29) is 5.92 Å². The predicted molar refractivity (Wildman–Crippen MR) is 95.7 cm³/mol. The van der Waals surface area contributed by atoms with Crippen molar-refractivity contribution in [1.29, 1.82) is 0 Å². The molecule has 0 saturated heterocycles. The van der Waals surface area contributed by atoms with Crippen molar-refractivity contribution in [1.82, 2.24) is 0 Å². The van der Waals surface area contributed by atoms with Crippen LogP contribution in [0.15, 0.2) is 33.9 Å². The zero-order valence-corrected chi connectivity index (χ0v) is 15.1. The van der Waals surface area contributed by atoms with Crippen LogP contribution in [-0.2, 0) is 6.42 Å². The lowest BCUT2D eigenvalue weighted by atomic mass is 9.69. The van der Waals surface area contributed by atoms with Crippen molar-refractivity contribution < 1.29 is 9.60 Å². The van der Waals surface area contributed by atoms with Crippen LogP contribution in [0.25, 0.3) is 5.57 Å². The van der Waals surface area contributed by atoms with Gasteiger partial charge in [0.15, 0.2) is 5.67 Å². The molecule has 0 radical (unpaired) electrons. The summed E-state index contributed by atoms with van der Waals surface area (Å²) in [6.07, 6.45) is 7.13. The van der Waals surface area contributed by atoms with Crippen molar-refractivity contribution in [3.63, 3.8) is 0 Å². The number of benzene rings is 1. The van der Waals surface area contributed by atoms with Crippen LogP contribution < -0.4 is 0 Å². The van der Waals surface area contributed by atoms with Gasteiger partial charge in [-0.3, -0.25) is 0 Å². The van der Waals surface area contributed by atoms with E-state index in [4.69, 9.17) is 0 Å². The molecule has 2 aliphatic carbocycles. The normalized spacial score (nSPS) is 27.2. The fourth-order valence-corrected chi connectivity index (χ4v) is 4.28. The molecule has 2 atom stereocenters. The number of fused-ring (bicyclic) bond motifs is 3. The van der Waals surface area contributed by atoms with Crippen molar-refractivity contribution >= 4 is 27.2 Å². The summed E-state index contributed by atoms with van der Waals surface area (Å²) in [5.74, 6) is 0.217. The number of hydrogen-bond donors (Lipinski definition) is 1. The molecule has 0 bridgehead atoms. The Labute approximate surface area is 145 Å². The van der Waals surface area contributed by atoms with Gasteiger partial charge in [-0.2, -0.15) is 0 Å². The second-order valence-corrected chi connectivity index (χ2v) is 7.64. The average molecular weight is 380 g/mol. The number of allylic oxidation sites excluding steroid dienone is 2. The van der Waals surface area contributed by atoms with E-state index in [1.54, 1.807) is 0 Å². The van der Waals surface area contributed by atoms with Crippen LogP contribution in [0.3, 0.4) is 0 Å². The number of alkyl halides is 1. The van der Waals surface area contributed by atoms with Crippen molar-refractivity contribution in [2.45, 2.75) is 57.5 Å². The highest BCUT2D eigenvalue weighted by Gasteiger charge is 2.43. The Hall–Kier alpha value is -1.16. The van der Waals surface area contributed by atoms with E-state index in [9.17, 15) is 5.21 Å². The molecule has 0 aliphatic heterocycles. The summed E-state index contributed by atoms with van der Waals surface area (Å²) < 4.78 is 16.5. The number of nitrogens with zero attached hydrogens (tertiary/aromatic N) is 1. The summed E-state index contributed by atoms with van der Waals surface area (Å²) in [6, 6.07) is 6.38. The molecule has 0 spiro atoms. The van der Waals surface area contributed by atoms with Crippen molar-refractivity contribution in [2.24, 2.45) is 11.1 Å². The van der Waals surface area contributed by atoms with E-state index < -0.39 is 5.67 Å². The minimum atomic E-state index is -1.48. The molecule has 0 fully saturated rings. The smallest absolute Gasteiger partial charge is 0.156 e. The Morgan fingerprint density at radius 3 is 3.04 bits per heavy atom. The summed E-state index contributed by atoms with van der Waals surface area (Å²) in [4.78, 5) is 0. The van der Waals surface area contributed by atoms with Gasteiger partial charge in [0.05, 0.1) is 5.71 Å². The largest absolute Gasteiger partial charge is 0.411 e. The van der Waals surface area contributed by atoms with Crippen LogP contribution in [0.4, 0.5) is 4.39 Å². The first-order valence-electron chi connectivity index (χ1n) is 8.46. The van der Waals surface area contributed by atoms with Crippen molar-refractivity contribution in [2.75, 3.05) is 0 Å². The molecular formula is C19H23BrFNO. The van der Waals surface area contributed by atoms with Crippen LogP contribution in [-0.4, -0.2) is 16.6 Å². The molecule has 1 aromatic carbocycles. The summed E-state index contributed by atoms with van der Waals surface area (Å²) in [5, 5.41) is 12.6. The fourth-order valence-electron chi connectivity index (χ4n) is 3.92. The van der Waals surface area contributed by atoms with E-state index in [1.165, 1.54) is 16.7 Å². The Kier molecular flexibility index (Phi) is 4.90. The van der Waals surface area contributed by atoms with Gasteiger partial charge in [-0.25, -0.2) is 4.39 Å². The Morgan fingerprint density at radius 2 is 2.30 bits per heavy atom. The van der Waals surface area contributed by atoms with Crippen LogP contribution in [0.1, 0.15) is 56.6 Å². The zero-order valence-electron chi connectivity index (χ0n) is 13.5. The minimum Gasteiger partial charge on any atom is -0.411 e. The van der Waals surface area contributed by atoms with Gasteiger partial charge in [-0.15, -0.1) is 0 Å². The maximum atomic E-state index is 15.4. The molecule has 124 valence electrons. The highest BCUT2D eigenvalue weighted by molar-refractivity contribution is 9.10. The first-order valence-corrected chi connectivity index (χ1v) is 9.26. The molecule has 2 nitrogen and oxygen atoms in total. The number of unbranched alkanes of at least 4 members (excludes halogenated alkanes) is 1. The molecule has 1 N–H and O–H groups in total. The van der Waals surface area contributed by atoms with Crippen LogP contribution in [0, 0.1) is 5.92 Å². The third-order valence-electron chi connectivity index (χ3n) is 5.21. The van der Waals surface area contributed by atoms with Gasteiger partial charge in [0.1, 0.15) is 0 Å². The van der Waals surface area contributed by atoms with E-state index in [0.717, 1.165) is 30.2 Å². The standard InChI is InChI=1S/C19H23BrFNO/c1-2-3-4-18(22-23)19(21)10-9-16-14(12-19)6-5-13-7-8-15(20)11-17(13)16/h7-9,11,14,23H,2-6,10,12H2,1H3/b22-18+/t14-,19+/m0/s1. The summed E-state index contributed by atoms with van der Waals surface area (Å²) in [6.45, 7) is 2.06. The van der Waals surface area contributed by atoms with Gasteiger partial charge in [-0.1, -0.05) is 46.6 Å². The van der Waals surface area contributed by atoms with Gasteiger partial charge in [0, 0.05) is 10.9 Å². The maximum Gasteiger partial charge on any atom is 0.156 e. The quantitative estimate of drug-likeness (QED) is 0.393. The SMILES string of the molecule is CCCC/C(=N\O)[C@@]1(F)CC=C2c3cc(Br)ccc3CC[C@H]2C1. The van der Waals surface area contributed by atoms with Crippen LogP contribution in [0.2, 0.25) is 0 Å². The number of aryl methyl sites for hydroxylation is 1. The molecule has 0 saturated carbocycles.